The van der Waals surface area contributed by atoms with Crippen LogP contribution in [0.5, 0.6) is 0 Å². The van der Waals surface area contributed by atoms with Crippen LogP contribution in [0.15, 0.2) is 5.16 Å². The van der Waals surface area contributed by atoms with Gasteiger partial charge < -0.3 is 73.2 Å². The first-order chi connectivity index (χ1) is 27.0. The summed E-state index contributed by atoms with van der Waals surface area (Å²) in [6.45, 7) is 17.3. The summed E-state index contributed by atoms with van der Waals surface area (Å²) in [5, 5.41) is 63.6. The third-order valence-electron chi connectivity index (χ3n) is 12.6. The molecule has 3 heterocycles. The Kier molecular flexibility index (Phi) is 18.8. The lowest BCUT2D eigenvalue weighted by Crippen LogP contribution is -2.61. The van der Waals surface area contributed by atoms with E-state index in [1.165, 1.54) is 14.0 Å². The van der Waals surface area contributed by atoms with Gasteiger partial charge in [0.05, 0.1) is 66.6 Å². The molecule has 3 rings (SSSR count). The molecule has 0 spiro atoms. The molecule has 0 saturated carbocycles. The van der Waals surface area contributed by atoms with Crippen molar-refractivity contribution >= 4 is 11.7 Å². The standard InChI is InChI=1S/C41H76N2O15/c1-15-29-41(10,49)34(45)24(4)31(42-53-21-52-17-16-50-13)22(2)19-39(8,48)36(58-38-32(44)28(43(11)12)18-23(3)54-38)25(5)33(26(6)37(47)56-29)57-30-20-40(9,51-14)35(46)27(7)55-30/h22-30,32-36,38,44-46,48-49H,15-21H2,1-14H3/b42-31-/t22-,23+,24+,25+,26-,27+,28-,29-,30-,32-,33+,34-,35-,36-,38+,39-,40-,41-/m1/s1. The number of nitrogens with zero attached hydrogens (tertiary/aromatic N) is 2. The molecule has 0 aromatic carbocycles. The smallest absolute Gasteiger partial charge is 0.311 e. The molecule has 0 aromatic heterocycles. The molecule has 5 N–H and O–H groups in total. The number of aliphatic hydroxyl groups is 5. The topological polar surface area (TPSA) is 217 Å². The number of hydrogen-bond donors (Lipinski definition) is 5. The molecular formula is C41H76N2O15. The Bertz CT molecular complexity index is 1300. The van der Waals surface area contributed by atoms with E-state index in [1.54, 1.807) is 55.6 Å². The molecule has 58 heavy (non-hydrogen) atoms. The summed E-state index contributed by atoms with van der Waals surface area (Å²) in [6.07, 6.45) is -9.49. The number of methoxy groups -OCH3 is 2. The van der Waals surface area contributed by atoms with Crippen molar-refractivity contribution in [2.45, 2.75) is 179 Å². The second kappa shape index (κ2) is 21.5. The Morgan fingerprint density at radius 1 is 0.897 bits per heavy atom. The third kappa shape index (κ3) is 12.1. The number of cyclic esters (lactones) is 1. The van der Waals surface area contributed by atoms with Gasteiger partial charge in [-0.1, -0.05) is 32.9 Å². The van der Waals surface area contributed by atoms with Crippen LogP contribution in [-0.4, -0.2) is 175 Å². The van der Waals surface area contributed by atoms with Crippen LogP contribution >= 0.6 is 0 Å². The van der Waals surface area contributed by atoms with Crippen LogP contribution in [0.3, 0.4) is 0 Å². The van der Waals surface area contributed by atoms with Crippen LogP contribution in [0.4, 0.5) is 0 Å². The molecule has 0 aromatic rings. The highest BCUT2D eigenvalue weighted by molar-refractivity contribution is 5.88. The number of ether oxygens (including phenoxy) is 8. The first kappa shape index (κ1) is 50.8. The number of likely N-dealkylation sites (N-methyl/N-ethyl adjacent to an activating group) is 1. The number of oxime groups is 1. The highest BCUT2D eigenvalue weighted by atomic mass is 16.7. The van der Waals surface area contributed by atoms with Crippen LogP contribution < -0.4 is 0 Å². The van der Waals surface area contributed by atoms with E-state index in [9.17, 15) is 30.3 Å². The summed E-state index contributed by atoms with van der Waals surface area (Å²) in [5.41, 5.74) is -4.49. The van der Waals surface area contributed by atoms with E-state index in [0.717, 1.165) is 0 Å². The van der Waals surface area contributed by atoms with E-state index in [1.807, 2.05) is 32.8 Å². The van der Waals surface area contributed by atoms with Crippen LogP contribution in [0.1, 0.15) is 94.9 Å². The fourth-order valence-corrected chi connectivity index (χ4v) is 8.93. The van der Waals surface area contributed by atoms with Gasteiger partial charge in [-0.2, -0.15) is 0 Å². The Hall–Kier alpha value is -1.58. The Morgan fingerprint density at radius 3 is 2.14 bits per heavy atom. The number of rotatable bonds is 13. The van der Waals surface area contributed by atoms with Gasteiger partial charge in [0.25, 0.3) is 0 Å². The van der Waals surface area contributed by atoms with E-state index in [2.05, 4.69) is 5.16 Å². The van der Waals surface area contributed by atoms with Crippen molar-refractivity contribution in [3.8, 4) is 0 Å². The molecule has 3 saturated heterocycles. The maximum Gasteiger partial charge on any atom is 0.311 e. The van der Waals surface area contributed by atoms with Crippen LogP contribution in [0.25, 0.3) is 0 Å². The number of hydrogen-bond acceptors (Lipinski definition) is 17. The Labute approximate surface area is 345 Å². The lowest BCUT2D eigenvalue weighted by atomic mass is 9.73. The van der Waals surface area contributed by atoms with Gasteiger partial charge in [-0.15, -0.1) is 0 Å². The predicted molar refractivity (Wildman–Crippen MR) is 212 cm³/mol. The average Bonchev–Trinajstić information content (AvgIpc) is 3.15. The van der Waals surface area contributed by atoms with E-state index in [0.29, 0.717) is 18.7 Å². The largest absolute Gasteiger partial charge is 0.459 e. The third-order valence-corrected chi connectivity index (χ3v) is 12.6. The van der Waals surface area contributed by atoms with E-state index in [4.69, 9.17) is 42.7 Å². The molecule has 0 bridgehead atoms. The van der Waals surface area contributed by atoms with Crippen molar-refractivity contribution in [1.29, 1.82) is 0 Å². The maximum absolute atomic E-state index is 14.3. The summed E-state index contributed by atoms with van der Waals surface area (Å²) in [6, 6.07) is -0.328. The van der Waals surface area contributed by atoms with Crippen molar-refractivity contribution in [2.24, 2.45) is 28.8 Å². The minimum absolute atomic E-state index is 0.0307. The van der Waals surface area contributed by atoms with Gasteiger partial charge >= 0.3 is 5.97 Å². The van der Waals surface area contributed by atoms with Crippen molar-refractivity contribution in [1.82, 2.24) is 4.90 Å². The zero-order valence-corrected chi connectivity index (χ0v) is 37.3. The SMILES string of the molecule is CC[C@H]1OC(=O)[C@H](C)[C@@H](O[C@@H]2C[C@@](C)(OC)[C@H](O)[C@H](C)O2)[C@H](C)[C@@H](O[C@@H]2O[C@@H](C)C[C@@H](N(C)C)[C@H]2O)[C@](C)(O)C[C@@H](C)/C(=N/OCOCCOC)[C@H](C)[C@@H](O)[C@]1(C)O. The fraction of sp³-hybridized carbons (Fsp3) is 0.951. The van der Waals surface area contributed by atoms with Crippen LogP contribution in [-0.2, 0) is 47.5 Å². The first-order valence-corrected chi connectivity index (χ1v) is 20.8. The fourth-order valence-electron chi connectivity index (χ4n) is 8.93. The van der Waals surface area contributed by atoms with Gasteiger partial charge in [-0.05, 0) is 74.9 Å². The number of aliphatic hydroxyl groups excluding tert-OH is 3. The van der Waals surface area contributed by atoms with Crippen molar-refractivity contribution < 1.29 is 73.1 Å². The molecular weight excluding hydrogens is 760 g/mol. The maximum atomic E-state index is 14.3. The van der Waals surface area contributed by atoms with E-state index >= 15 is 0 Å². The van der Waals surface area contributed by atoms with Crippen molar-refractivity contribution in [2.75, 3.05) is 48.3 Å². The average molecular weight is 837 g/mol. The molecule has 0 aliphatic carbocycles. The van der Waals surface area contributed by atoms with Gasteiger partial charge in [-0.25, -0.2) is 0 Å². The minimum atomic E-state index is -1.97. The normalized spacial score (nSPS) is 45.8. The quantitative estimate of drug-likeness (QED) is 0.0778. The second-order valence-electron chi connectivity index (χ2n) is 17.7. The first-order valence-electron chi connectivity index (χ1n) is 20.8. The van der Waals surface area contributed by atoms with Gasteiger partial charge in [0.1, 0.15) is 23.9 Å². The Balaban J connectivity index is 2.22. The summed E-state index contributed by atoms with van der Waals surface area (Å²) < 4.78 is 48.1. The number of carbonyl (C=O) groups excluding carboxylic acids is 1. The molecule has 3 fully saturated rings. The van der Waals surface area contributed by atoms with Crippen LogP contribution in [0, 0.1) is 23.7 Å². The van der Waals surface area contributed by atoms with Crippen LogP contribution in [0.2, 0.25) is 0 Å². The molecule has 0 radical (unpaired) electrons. The lowest BCUT2D eigenvalue weighted by Gasteiger charge is -2.49. The molecule has 3 aliphatic heterocycles. The molecule has 17 nitrogen and oxygen atoms in total. The van der Waals surface area contributed by atoms with E-state index in [-0.39, 0.29) is 44.8 Å². The molecule has 18 atom stereocenters. The number of carbonyl (C=O) groups is 1. The second-order valence-corrected chi connectivity index (χ2v) is 17.7. The molecule has 0 amide bonds. The van der Waals surface area contributed by atoms with Crippen molar-refractivity contribution in [3.63, 3.8) is 0 Å². The summed E-state index contributed by atoms with van der Waals surface area (Å²) in [5.74, 6) is -4.14. The van der Waals surface area contributed by atoms with Gasteiger partial charge in [-0.3, -0.25) is 4.79 Å². The van der Waals surface area contributed by atoms with E-state index < -0.39 is 102 Å². The molecule has 17 heteroatoms. The van der Waals surface area contributed by atoms with Gasteiger partial charge in [0.2, 0.25) is 6.79 Å². The molecule has 0 unspecified atom stereocenters. The summed E-state index contributed by atoms with van der Waals surface area (Å²) in [7, 11) is 6.76. The highest BCUT2D eigenvalue weighted by Gasteiger charge is 2.53. The Morgan fingerprint density at radius 2 is 1.55 bits per heavy atom. The lowest BCUT2D eigenvalue weighted by molar-refractivity contribution is -0.317. The zero-order valence-electron chi connectivity index (χ0n) is 37.3. The van der Waals surface area contributed by atoms with Gasteiger partial charge in [0, 0.05) is 44.4 Å². The van der Waals surface area contributed by atoms with Gasteiger partial charge in [0.15, 0.2) is 12.6 Å². The molecule has 340 valence electrons. The summed E-state index contributed by atoms with van der Waals surface area (Å²) >= 11 is 0. The highest BCUT2D eigenvalue weighted by Crippen LogP contribution is 2.41. The van der Waals surface area contributed by atoms with Crippen molar-refractivity contribution in [3.05, 3.63) is 0 Å². The minimum Gasteiger partial charge on any atom is -0.459 e. The zero-order chi connectivity index (χ0) is 43.9. The predicted octanol–water partition coefficient (Wildman–Crippen LogP) is 2.21. The molecule has 3 aliphatic rings. The monoisotopic (exact) mass is 837 g/mol. The summed E-state index contributed by atoms with van der Waals surface area (Å²) in [4.78, 5) is 21.8. The number of esters is 1.